The smallest absolute Gasteiger partial charge is 0.114 e. The van der Waals surface area contributed by atoms with Crippen molar-refractivity contribution in [3.63, 3.8) is 0 Å². The Hall–Kier alpha value is -2.35. The average molecular weight is 473 g/mol. The van der Waals surface area contributed by atoms with Crippen molar-refractivity contribution in [3.8, 4) is 0 Å². The van der Waals surface area contributed by atoms with Crippen molar-refractivity contribution >= 4 is 35.2 Å². The first kappa shape index (κ1) is 25.3. The van der Waals surface area contributed by atoms with Crippen molar-refractivity contribution in [2.45, 2.75) is 52.3 Å². The van der Waals surface area contributed by atoms with E-state index >= 15 is 0 Å². The predicted octanol–water partition coefficient (Wildman–Crippen LogP) is 7.02. The molecule has 0 N–H and O–H groups in total. The summed E-state index contributed by atoms with van der Waals surface area (Å²) in [5.74, 6) is 0. The minimum atomic E-state index is -2.70. The number of alkyl halides is 1. The first-order chi connectivity index (χ1) is 15.6. The van der Waals surface area contributed by atoms with Crippen molar-refractivity contribution in [2.24, 2.45) is 5.41 Å². The number of hydrogen-bond acceptors (Lipinski definition) is 0. The molecule has 3 rings (SSSR count). The Morgan fingerprint density at radius 2 is 1.12 bits per heavy atom. The summed E-state index contributed by atoms with van der Waals surface area (Å²) in [5.41, 5.74) is 1.16. The molecule has 2 heteroatoms. The summed E-state index contributed by atoms with van der Waals surface area (Å²) in [4.78, 5) is -0.577. The van der Waals surface area contributed by atoms with Gasteiger partial charge in [-0.1, -0.05) is 129 Å². The molecule has 0 aromatic heterocycles. The van der Waals surface area contributed by atoms with Gasteiger partial charge in [-0.15, -0.1) is 18.2 Å². The highest BCUT2D eigenvalue weighted by Crippen LogP contribution is 2.48. The van der Waals surface area contributed by atoms with E-state index < -0.39 is 12.9 Å². The van der Waals surface area contributed by atoms with Crippen LogP contribution in [0.15, 0.2) is 114 Å². The molecule has 33 heavy (non-hydrogen) atoms. The van der Waals surface area contributed by atoms with Crippen LogP contribution in [0.2, 0.25) is 0 Å². The molecular weight excluding hydrogens is 436 g/mol. The minimum absolute atomic E-state index is 0.169. The number of benzene rings is 3. The zero-order chi connectivity index (χ0) is 24.1. The van der Waals surface area contributed by atoms with E-state index in [0.29, 0.717) is 0 Å². The quantitative estimate of drug-likeness (QED) is 0.143. The predicted molar refractivity (Wildman–Crippen MR) is 150 cm³/mol. The molecule has 0 fully saturated rings. The normalized spacial score (nSPS) is 13.8. The topological polar surface area (TPSA) is 0 Å². The molecule has 0 aliphatic rings. The summed E-state index contributed by atoms with van der Waals surface area (Å²) in [6.45, 7) is 16.0. The average Bonchev–Trinajstić information content (AvgIpc) is 2.80. The molecule has 0 spiro atoms. The number of halogens is 1. The van der Waals surface area contributed by atoms with Crippen LogP contribution in [-0.2, 0) is 0 Å². The van der Waals surface area contributed by atoms with Gasteiger partial charge >= 0.3 is 0 Å². The lowest BCUT2D eigenvalue weighted by Gasteiger charge is -2.49. The van der Waals surface area contributed by atoms with E-state index in [9.17, 15) is 0 Å². The molecule has 0 bridgehead atoms. The molecule has 0 radical (unpaired) electrons. The maximum atomic E-state index is 7.79. The minimum Gasteiger partial charge on any atom is -0.114 e. The fourth-order valence-corrected chi connectivity index (χ4v) is 10.7. The second-order valence-electron chi connectivity index (χ2n) is 10.2. The molecule has 0 amide bonds. The fourth-order valence-electron chi connectivity index (χ4n) is 4.92. The fraction of sp³-hybridized carbons (Fsp3) is 0.290. The molecule has 172 valence electrons. The molecule has 1 atom stereocenters. The van der Waals surface area contributed by atoms with Gasteiger partial charge in [0.05, 0.1) is 4.87 Å². The molecule has 0 aliphatic heterocycles. The summed E-state index contributed by atoms with van der Waals surface area (Å²) >= 11 is 7.79. The van der Waals surface area contributed by atoms with Gasteiger partial charge in [-0.05, 0) is 47.7 Å². The Labute approximate surface area is 207 Å². The Balaban J connectivity index is 2.37. The second-order valence-corrected chi connectivity index (χ2v) is 14.7. The Kier molecular flexibility index (Phi) is 7.87. The summed E-state index contributed by atoms with van der Waals surface area (Å²) < 4.78 is 0. The van der Waals surface area contributed by atoms with Crippen molar-refractivity contribution in [1.29, 1.82) is 0 Å². The lowest BCUT2D eigenvalue weighted by atomic mass is 9.77. The van der Waals surface area contributed by atoms with E-state index in [0.717, 1.165) is 18.0 Å². The highest BCUT2D eigenvalue weighted by molar-refractivity contribution is 7.16. The van der Waals surface area contributed by atoms with Crippen molar-refractivity contribution in [1.82, 2.24) is 0 Å². The molecule has 0 nitrogen and oxygen atoms in total. The van der Waals surface area contributed by atoms with E-state index in [1.165, 1.54) is 21.1 Å². The highest BCUT2D eigenvalue weighted by atomic mass is 35.5. The molecule has 0 saturated carbocycles. The molecule has 0 saturated heterocycles. The third-order valence-corrected chi connectivity index (χ3v) is 12.9. The lowest BCUT2D eigenvalue weighted by molar-refractivity contribution is 0.302. The summed E-state index contributed by atoms with van der Waals surface area (Å²) in [5, 5.41) is 5.13. The largest absolute Gasteiger partial charge is 0.176 e. The van der Waals surface area contributed by atoms with Crippen LogP contribution < -0.4 is 15.6 Å². The van der Waals surface area contributed by atoms with Crippen molar-refractivity contribution in [2.75, 3.05) is 0 Å². The van der Waals surface area contributed by atoms with Crippen LogP contribution in [0.3, 0.4) is 0 Å². The van der Waals surface area contributed by atoms with Gasteiger partial charge in [-0.2, -0.15) is 0 Å². The first-order valence-corrected chi connectivity index (χ1v) is 14.2. The van der Waals surface area contributed by atoms with Gasteiger partial charge in [0, 0.05) is 0 Å². The van der Waals surface area contributed by atoms with Crippen molar-refractivity contribution < 1.29 is 0 Å². The van der Waals surface area contributed by atoms with E-state index in [2.05, 4.69) is 132 Å². The van der Waals surface area contributed by atoms with E-state index in [-0.39, 0.29) is 5.41 Å². The van der Waals surface area contributed by atoms with Gasteiger partial charge in [0.1, 0.15) is 0 Å². The zero-order valence-electron chi connectivity index (χ0n) is 20.7. The Bertz CT molecular complexity index is 977. The number of rotatable bonds is 8. The maximum Gasteiger partial charge on any atom is 0.176 e. The molecule has 1 unspecified atom stereocenters. The summed E-state index contributed by atoms with van der Waals surface area (Å²) in [6, 6.07) is 32.8. The monoisotopic (exact) mass is 472 g/mol. The van der Waals surface area contributed by atoms with Crippen LogP contribution in [0, 0.1) is 5.41 Å². The summed E-state index contributed by atoms with van der Waals surface area (Å²) in [7, 11) is -2.70. The molecule has 3 aromatic rings. The molecule has 0 aliphatic carbocycles. The van der Waals surface area contributed by atoms with Crippen LogP contribution in [0.25, 0.3) is 0 Å². The molecular formula is C31H37ClSi. The van der Waals surface area contributed by atoms with Gasteiger partial charge in [0.15, 0.2) is 8.07 Å². The van der Waals surface area contributed by atoms with Crippen molar-refractivity contribution in [3.05, 3.63) is 114 Å². The highest BCUT2D eigenvalue weighted by Gasteiger charge is 2.53. The van der Waals surface area contributed by atoms with Crippen LogP contribution >= 0.6 is 11.6 Å². The third kappa shape index (κ3) is 4.95. The van der Waals surface area contributed by atoms with Gasteiger partial charge in [-0.3, -0.25) is 0 Å². The van der Waals surface area contributed by atoms with Crippen LogP contribution in [0.4, 0.5) is 0 Å². The van der Waals surface area contributed by atoms with Gasteiger partial charge < -0.3 is 0 Å². The van der Waals surface area contributed by atoms with E-state index in [4.69, 9.17) is 18.2 Å². The second kappa shape index (κ2) is 10.3. The third-order valence-electron chi connectivity index (χ3n) is 6.78. The van der Waals surface area contributed by atoms with E-state index in [1.807, 2.05) is 0 Å². The number of hydrogen-bond donors (Lipinski definition) is 0. The van der Waals surface area contributed by atoms with Gasteiger partial charge in [0.2, 0.25) is 0 Å². The maximum absolute atomic E-state index is 7.79. The van der Waals surface area contributed by atoms with Gasteiger partial charge in [-0.25, -0.2) is 0 Å². The van der Waals surface area contributed by atoms with Crippen LogP contribution in [0.5, 0.6) is 0 Å². The zero-order valence-corrected chi connectivity index (χ0v) is 22.5. The Morgan fingerprint density at radius 3 is 1.42 bits per heavy atom. The molecule has 3 aromatic carbocycles. The Morgan fingerprint density at radius 1 is 0.758 bits per heavy atom. The SMILES string of the molecule is C=C(C(Cl)(CCC=C(C)C)C(C)(C)C)[Si](c1ccccc1)(c1ccccc1)c1ccccc1. The van der Waals surface area contributed by atoms with Crippen LogP contribution in [-0.4, -0.2) is 12.9 Å². The molecule has 0 heterocycles. The number of allylic oxidation sites excluding steroid dienone is 3. The summed E-state index contributed by atoms with van der Waals surface area (Å²) in [6.07, 6.45) is 4.08. The van der Waals surface area contributed by atoms with E-state index in [1.54, 1.807) is 0 Å². The first-order valence-electron chi connectivity index (χ1n) is 11.8. The standard InChI is InChI=1S/C31H37ClSi/c1-25(2)17-16-24-31(32,30(4,5)6)26(3)33(27-18-10-7-11-19-27,28-20-12-8-13-21-28)29-22-14-9-15-23-29/h7-15,17-23H,3,16,24H2,1-2,4-6H3. The lowest BCUT2D eigenvalue weighted by Crippen LogP contribution is -2.72. The van der Waals surface area contributed by atoms with Crippen LogP contribution in [0.1, 0.15) is 47.5 Å². The van der Waals surface area contributed by atoms with Gasteiger partial charge in [0.25, 0.3) is 0 Å².